The van der Waals surface area contributed by atoms with Crippen LogP contribution >= 0.6 is 0 Å². The first-order chi connectivity index (χ1) is 9.20. The van der Waals surface area contributed by atoms with Gasteiger partial charge < -0.3 is 15.0 Å². The van der Waals surface area contributed by atoms with Crippen LogP contribution in [-0.2, 0) is 4.74 Å². The highest BCUT2D eigenvalue weighted by Crippen LogP contribution is 2.09. The Hall–Kier alpha value is -2.56. The summed E-state index contributed by atoms with van der Waals surface area (Å²) in [6.45, 7) is 2.02. The Morgan fingerprint density at radius 2 is 1.79 bits per heavy atom. The van der Waals surface area contributed by atoms with Gasteiger partial charge in [-0.3, -0.25) is 4.79 Å². The Morgan fingerprint density at radius 1 is 1.11 bits per heavy atom. The van der Waals surface area contributed by atoms with Crippen LogP contribution in [0.5, 0.6) is 0 Å². The van der Waals surface area contributed by atoms with E-state index < -0.39 is 5.97 Å². The SMILES string of the molecule is CCOC(=O)c1ccc(C(=O)Nc2ccccc2)[nH]1. The molecule has 0 bridgehead atoms. The lowest BCUT2D eigenvalue weighted by Gasteiger charge is -2.03. The molecule has 0 radical (unpaired) electrons. The summed E-state index contributed by atoms with van der Waals surface area (Å²) in [5.41, 5.74) is 1.27. The predicted octanol–water partition coefficient (Wildman–Crippen LogP) is 2.44. The Morgan fingerprint density at radius 3 is 2.47 bits per heavy atom. The van der Waals surface area contributed by atoms with Crippen molar-refractivity contribution < 1.29 is 14.3 Å². The highest BCUT2D eigenvalue weighted by molar-refractivity contribution is 6.04. The molecule has 0 aliphatic carbocycles. The molecule has 0 saturated carbocycles. The molecule has 0 atom stereocenters. The Bertz CT molecular complexity index is 575. The second-order valence-corrected chi connectivity index (χ2v) is 3.83. The Balaban J connectivity index is 2.06. The molecule has 5 heteroatoms. The first kappa shape index (κ1) is 12.9. The second-order valence-electron chi connectivity index (χ2n) is 3.83. The third-order valence-electron chi connectivity index (χ3n) is 2.46. The lowest BCUT2D eigenvalue weighted by atomic mass is 10.3. The van der Waals surface area contributed by atoms with E-state index in [9.17, 15) is 9.59 Å². The molecule has 0 aliphatic heterocycles. The van der Waals surface area contributed by atoms with Gasteiger partial charge >= 0.3 is 5.97 Å². The van der Waals surface area contributed by atoms with E-state index in [0.29, 0.717) is 18.0 Å². The van der Waals surface area contributed by atoms with Crippen LogP contribution in [0, 0.1) is 0 Å². The summed E-state index contributed by atoms with van der Waals surface area (Å²) in [6, 6.07) is 12.2. The minimum Gasteiger partial charge on any atom is -0.461 e. The molecular weight excluding hydrogens is 244 g/mol. The number of aromatic amines is 1. The molecule has 2 N–H and O–H groups in total. The zero-order valence-corrected chi connectivity index (χ0v) is 10.5. The van der Waals surface area contributed by atoms with Crippen molar-refractivity contribution in [2.24, 2.45) is 0 Å². The minimum atomic E-state index is -0.471. The van der Waals surface area contributed by atoms with E-state index in [-0.39, 0.29) is 11.6 Å². The fourth-order valence-corrected chi connectivity index (χ4v) is 1.58. The molecule has 1 aromatic carbocycles. The Kier molecular flexibility index (Phi) is 3.97. The zero-order chi connectivity index (χ0) is 13.7. The molecule has 0 spiro atoms. The van der Waals surface area contributed by atoms with E-state index >= 15 is 0 Å². The van der Waals surface area contributed by atoms with E-state index in [4.69, 9.17) is 4.74 Å². The fraction of sp³-hybridized carbons (Fsp3) is 0.143. The molecule has 1 aromatic heterocycles. The van der Waals surface area contributed by atoms with Gasteiger partial charge in [-0.1, -0.05) is 18.2 Å². The summed E-state index contributed by atoms with van der Waals surface area (Å²) in [7, 11) is 0. The summed E-state index contributed by atoms with van der Waals surface area (Å²) in [4.78, 5) is 26.1. The van der Waals surface area contributed by atoms with Gasteiger partial charge in [0.25, 0.3) is 5.91 Å². The van der Waals surface area contributed by atoms with Crippen LogP contribution in [0.15, 0.2) is 42.5 Å². The zero-order valence-electron chi connectivity index (χ0n) is 10.5. The Labute approximate surface area is 110 Å². The van der Waals surface area contributed by atoms with Crippen LogP contribution in [0.2, 0.25) is 0 Å². The van der Waals surface area contributed by atoms with Crippen molar-refractivity contribution in [2.75, 3.05) is 11.9 Å². The van der Waals surface area contributed by atoms with Crippen LogP contribution in [0.1, 0.15) is 27.9 Å². The van der Waals surface area contributed by atoms with Gasteiger partial charge in [0.05, 0.1) is 6.61 Å². The average Bonchev–Trinajstić information content (AvgIpc) is 2.90. The number of carbonyl (C=O) groups excluding carboxylic acids is 2. The van der Waals surface area contributed by atoms with Crippen LogP contribution in [0.4, 0.5) is 5.69 Å². The molecule has 0 saturated heterocycles. The quantitative estimate of drug-likeness (QED) is 0.827. The maximum absolute atomic E-state index is 11.9. The largest absolute Gasteiger partial charge is 0.461 e. The maximum Gasteiger partial charge on any atom is 0.354 e. The number of aromatic nitrogens is 1. The van der Waals surface area contributed by atoms with Gasteiger partial charge in [-0.2, -0.15) is 0 Å². The summed E-state index contributed by atoms with van der Waals surface area (Å²) >= 11 is 0. The summed E-state index contributed by atoms with van der Waals surface area (Å²) in [5, 5.41) is 2.72. The highest BCUT2D eigenvalue weighted by Gasteiger charge is 2.13. The summed E-state index contributed by atoms with van der Waals surface area (Å²) < 4.78 is 4.84. The fourth-order valence-electron chi connectivity index (χ4n) is 1.58. The van der Waals surface area contributed by atoms with Crippen molar-refractivity contribution in [3.8, 4) is 0 Å². The number of ether oxygens (including phenoxy) is 1. The van der Waals surface area contributed by atoms with Crippen molar-refractivity contribution in [1.29, 1.82) is 0 Å². The van der Waals surface area contributed by atoms with Crippen LogP contribution in [0.25, 0.3) is 0 Å². The summed E-state index contributed by atoms with van der Waals surface area (Å²) in [6.07, 6.45) is 0. The number of hydrogen-bond acceptors (Lipinski definition) is 3. The van der Waals surface area contributed by atoms with Crippen molar-refractivity contribution in [2.45, 2.75) is 6.92 Å². The van der Waals surface area contributed by atoms with E-state index in [1.165, 1.54) is 6.07 Å². The van der Waals surface area contributed by atoms with Crippen molar-refractivity contribution >= 4 is 17.6 Å². The smallest absolute Gasteiger partial charge is 0.354 e. The van der Waals surface area contributed by atoms with E-state index in [0.717, 1.165) is 0 Å². The van der Waals surface area contributed by atoms with Crippen molar-refractivity contribution in [3.63, 3.8) is 0 Å². The number of benzene rings is 1. The molecular formula is C14H14N2O3. The van der Waals surface area contributed by atoms with E-state index in [1.807, 2.05) is 18.2 Å². The van der Waals surface area contributed by atoms with Crippen molar-refractivity contribution in [1.82, 2.24) is 4.98 Å². The lowest BCUT2D eigenvalue weighted by molar-refractivity contribution is 0.0520. The first-order valence-electron chi connectivity index (χ1n) is 5.93. The second kappa shape index (κ2) is 5.86. The number of H-pyrrole nitrogens is 1. The normalized spacial score (nSPS) is 9.95. The molecule has 19 heavy (non-hydrogen) atoms. The molecule has 0 fully saturated rings. The molecule has 0 aliphatic rings. The molecule has 1 amide bonds. The molecule has 2 aromatic rings. The number of amides is 1. The molecule has 5 nitrogen and oxygen atoms in total. The molecule has 0 unspecified atom stereocenters. The number of nitrogens with one attached hydrogen (secondary N) is 2. The average molecular weight is 258 g/mol. The van der Waals surface area contributed by atoms with E-state index in [1.54, 1.807) is 25.1 Å². The van der Waals surface area contributed by atoms with Gasteiger partial charge in [0.2, 0.25) is 0 Å². The predicted molar refractivity (Wildman–Crippen MR) is 71.1 cm³/mol. The number of anilines is 1. The van der Waals surface area contributed by atoms with Crippen LogP contribution in [-0.4, -0.2) is 23.5 Å². The first-order valence-corrected chi connectivity index (χ1v) is 5.93. The minimum absolute atomic E-state index is 0.264. The van der Waals surface area contributed by atoms with Gasteiger partial charge in [-0.05, 0) is 31.2 Å². The monoisotopic (exact) mass is 258 g/mol. The number of esters is 1. The van der Waals surface area contributed by atoms with E-state index in [2.05, 4.69) is 10.3 Å². The third kappa shape index (κ3) is 3.22. The van der Waals surface area contributed by atoms with Crippen LogP contribution in [0.3, 0.4) is 0 Å². The standard InChI is InChI=1S/C14H14N2O3/c1-2-19-14(18)12-9-8-11(16-12)13(17)15-10-6-4-3-5-7-10/h3-9,16H,2H2,1H3,(H,15,17). The van der Waals surface area contributed by atoms with Gasteiger partial charge in [-0.25, -0.2) is 4.79 Å². The topological polar surface area (TPSA) is 71.2 Å². The lowest BCUT2D eigenvalue weighted by Crippen LogP contribution is -2.13. The molecule has 1 heterocycles. The van der Waals surface area contributed by atoms with Crippen LogP contribution < -0.4 is 5.32 Å². The third-order valence-corrected chi connectivity index (χ3v) is 2.46. The van der Waals surface area contributed by atoms with Crippen molar-refractivity contribution in [3.05, 3.63) is 53.9 Å². The highest BCUT2D eigenvalue weighted by atomic mass is 16.5. The number of para-hydroxylation sites is 1. The number of carbonyl (C=O) groups is 2. The number of rotatable bonds is 4. The molecule has 2 rings (SSSR count). The van der Waals surface area contributed by atoms with Gasteiger partial charge in [-0.15, -0.1) is 0 Å². The maximum atomic E-state index is 11.9. The number of hydrogen-bond donors (Lipinski definition) is 2. The van der Waals surface area contributed by atoms with Gasteiger partial charge in [0, 0.05) is 5.69 Å². The van der Waals surface area contributed by atoms with Gasteiger partial charge in [0.15, 0.2) is 0 Å². The summed E-state index contributed by atoms with van der Waals surface area (Å²) in [5.74, 6) is -0.775. The van der Waals surface area contributed by atoms with Gasteiger partial charge in [0.1, 0.15) is 11.4 Å². The molecule has 98 valence electrons.